The third-order valence-electron chi connectivity index (χ3n) is 6.85. The first kappa shape index (κ1) is 23.8. The van der Waals surface area contributed by atoms with Gasteiger partial charge < -0.3 is 20.1 Å². The Morgan fingerprint density at radius 2 is 1.89 bits per heavy atom. The molecule has 3 fully saturated rings. The van der Waals surface area contributed by atoms with Crippen LogP contribution in [0.3, 0.4) is 0 Å². The van der Waals surface area contributed by atoms with E-state index >= 15 is 0 Å². The molecule has 0 spiro atoms. The minimum absolute atomic E-state index is 0.0358. The quantitative estimate of drug-likeness (QED) is 0.316. The van der Waals surface area contributed by atoms with Gasteiger partial charge in [0.25, 0.3) is 0 Å². The first-order valence-corrected chi connectivity index (χ1v) is 12.3. The summed E-state index contributed by atoms with van der Waals surface area (Å²) < 4.78 is 11.4. The van der Waals surface area contributed by atoms with Crippen molar-refractivity contribution in [3.05, 3.63) is 54.1 Å². The number of carbonyl (C=O) groups is 1. The highest BCUT2D eigenvalue weighted by Crippen LogP contribution is 2.27. The maximum absolute atomic E-state index is 12.7. The number of piperazine rings is 1. The summed E-state index contributed by atoms with van der Waals surface area (Å²) in [5.74, 6) is 1.31. The van der Waals surface area contributed by atoms with Crippen LogP contribution in [0, 0.1) is 5.92 Å². The van der Waals surface area contributed by atoms with Gasteiger partial charge in [-0.2, -0.15) is 0 Å². The van der Waals surface area contributed by atoms with Crippen molar-refractivity contribution in [2.75, 3.05) is 58.3 Å². The van der Waals surface area contributed by atoms with Crippen LogP contribution in [-0.4, -0.2) is 76.0 Å². The topological polar surface area (TPSA) is 111 Å². The number of nitrogens with one attached hydrogen (secondary N) is 6. The summed E-state index contributed by atoms with van der Waals surface area (Å²) in [5.41, 5.74) is 7.74. The van der Waals surface area contributed by atoms with Gasteiger partial charge >= 0.3 is 0 Å². The van der Waals surface area contributed by atoms with Gasteiger partial charge in [-0.15, -0.1) is 0 Å². The lowest BCUT2D eigenvalue weighted by molar-refractivity contribution is -0.131. The lowest BCUT2D eigenvalue weighted by Crippen LogP contribution is -2.71. The standard InChI is InChI=1S/C25H35N7O3/c1-34-20-4-2-3-17(15-20)23-29-21-16-27-31-25(33)22(21)24(30-23)28-18-5-7-19(8-6-18)35-14-13-32-11-9-26-10-12-32/h2-8,15,21-24,26-30H,9-14,16H2,1H3,(H,31,33). The lowest BCUT2D eigenvalue weighted by Gasteiger charge is -2.46. The molecule has 4 unspecified atom stereocenters. The predicted molar refractivity (Wildman–Crippen MR) is 134 cm³/mol. The van der Waals surface area contributed by atoms with E-state index in [4.69, 9.17) is 9.47 Å². The first-order valence-electron chi connectivity index (χ1n) is 12.3. The summed E-state index contributed by atoms with van der Waals surface area (Å²) in [6.45, 7) is 6.45. The average Bonchev–Trinajstić information content (AvgIpc) is 2.90. The Balaban J connectivity index is 1.23. The summed E-state index contributed by atoms with van der Waals surface area (Å²) in [5, 5.41) is 14.0. The number of benzene rings is 2. The zero-order valence-corrected chi connectivity index (χ0v) is 20.0. The number of anilines is 1. The molecular weight excluding hydrogens is 446 g/mol. The lowest BCUT2D eigenvalue weighted by atomic mass is 9.89. The van der Waals surface area contributed by atoms with Crippen molar-refractivity contribution < 1.29 is 14.3 Å². The van der Waals surface area contributed by atoms with Crippen molar-refractivity contribution in [3.63, 3.8) is 0 Å². The summed E-state index contributed by atoms with van der Waals surface area (Å²) in [6, 6.07) is 15.9. The Kier molecular flexibility index (Phi) is 7.65. The predicted octanol–water partition coefficient (Wildman–Crippen LogP) is 0.228. The van der Waals surface area contributed by atoms with E-state index in [1.165, 1.54) is 0 Å². The van der Waals surface area contributed by atoms with Gasteiger partial charge in [-0.25, -0.2) is 5.43 Å². The summed E-state index contributed by atoms with van der Waals surface area (Å²) >= 11 is 0. The molecular formula is C25H35N7O3. The molecule has 10 nitrogen and oxygen atoms in total. The van der Waals surface area contributed by atoms with E-state index in [-0.39, 0.29) is 30.2 Å². The van der Waals surface area contributed by atoms with Crippen LogP contribution in [0.5, 0.6) is 11.5 Å². The molecule has 0 radical (unpaired) electrons. The highest BCUT2D eigenvalue weighted by Gasteiger charge is 2.44. The highest BCUT2D eigenvalue weighted by atomic mass is 16.5. The largest absolute Gasteiger partial charge is 0.497 e. The van der Waals surface area contributed by atoms with E-state index in [0.29, 0.717) is 13.2 Å². The van der Waals surface area contributed by atoms with Crippen molar-refractivity contribution in [3.8, 4) is 11.5 Å². The molecule has 6 N–H and O–H groups in total. The monoisotopic (exact) mass is 481 g/mol. The smallest absolute Gasteiger partial charge is 0.242 e. The van der Waals surface area contributed by atoms with Gasteiger partial charge in [0.15, 0.2) is 0 Å². The van der Waals surface area contributed by atoms with Crippen LogP contribution in [0.4, 0.5) is 5.69 Å². The molecule has 35 heavy (non-hydrogen) atoms. The van der Waals surface area contributed by atoms with Crippen LogP contribution < -0.4 is 41.6 Å². The van der Waals surface area contributed by atoms with E-state index in [9.17, 15) is 4.79 Å². The molecule has 0 aromatic heterocycles. The van der Waals surface area contributed by atoms with Gasteiger partial charge in [-0.1, -0.05) is 12.1 Å². The van der Waals surface area contributed by atoms with Gasteiger partial charge in [-0.05, 0) is 42.0 Å². The molecule has 2 aromatic carbocycles. The Labute approximate surface area is 206 Å². The Morgan fingerprint density at radius 3 is 2.69 bits per heavy atom. The molecule has 0 aliphatic carbocycles. The minimum Gasteiger partial charge on any atom is -0.497 e. The molecule has 2 aromatic rings. The minimum atomic E-state index is -0.284. The van der Waals surface area contributed by atoms with Crippen molar-refractivity contribution in [2.45, 2.75) is 18.4 Å². The maximum atomic E-state index is 12.7. The third-order valence-corrected chi connectivity index (χ3v) is 6.85. The second-order valence-corrected chi connectivity index (χ2v) is 9.13. The number of nitrogens with zero attached hydrogens (tertiary/aromatic N) is 1. The molecule has 4 atom stereocenters. The number of fused-ring (bicyclic) bond motifs is 1. The fourth-order valence-corrected chi connectivity index (χ4v) is 4.93. The fourth-order valence-electron chi connectivity index (χ4n) is 4.93. The second kappa shape index (κ2) is 11.2. The zero-order chi connectivity index (χ0) is 24.0. The second-order valence-electron chi connectivity index (χ2n) is 9.13. The van der Waals surface area contributed by atoms with E-state index in [0.717, 1.165) is 55.5 Å². The van der Waals surface area contributed by atoms with E-state index < -0.39 is 0 Å². The van der Waals surface area contributed by atoms with Gasteiger partial charge in [0.05, 0.1) is 25.4 Å². The molecule has 0 saturated carbocycles. The van der Waals surface area contributed by atoms with Gasteiger partial charge in [-0.3, -0.25) is 25.8 Å². The molecule has 3 saturated heterocycles. The van der Waals surface area contributed by atoms with Gasteiger partial charge in [0, 0.05) is 51.0 Å². The number of carbonyl (C=O) groups excluding carboxylic acids is 1. The number of methoxy groups -OCH3 is 1. The van der Waals surface area contributed by atoms with Crippen molar-refractivity contribution in [2.24, 2.45) is 5.92 Å². The van der Waals surface area contributed by atoms with Crippen molar-refractivity contribution in [1.29, 1.82) is 0 Å². The average molecular weight is 482 g/mol. The van der Waals surface area contributed by atoms with Crippen LogP contribution in [0.15, 0.2) is 48.5 Å². The Morgan fingerprint density at radius 1 is 1.06 bits per heavy atom. The summed E-state index contributed by atoms with van der Waals surface area (Å²) in [6.07, 6.45) is -0.400. The van der Waals surface area contributed by atoms with E-state index in [1.54, 1.807) is 7.11 Å². The maximum Gasteiger partial charge on any atom is 0.242 e. The normalized spacial score (nSPS) is 26.9. The number of hydrogen-bond acceptors (Lipinski definition) is 9. The fraction of sp³-hybridized carbons (Fsp3) is 0.480. The molecule has 5 rings (SSSR count). The number of ether oxygens (including phenoxy) is 2. The van der Waals surface area contributed by atoms with E-state index in [1.807, 2.05) is 48.5 Å². The number of hydrogen-bond donors (Lipinski definition) is 6. The van der Waals surface area contributed by atoms with Gasteiger partial charge in [0.2, 0.25) is 5.91 Å². The first-order chi connectivity index (χ1) is 17.2. The molecule has 0 bridgehead atoms. The molecule has 3 aliphatic rings. The number of rotatable bonds is 8. The van der Waals surface area contributed by atoms with Crippen LogP contribution in [-0.2, 0) is 4.79 Å². The molecule has 3 aliphatic heterocycles. The van der Waals surface area contributed by atoms with Crippen LogP contribution in [0.2, 0.25) is 0 Å². The number of hydrazine groups is 1. The summed E-state index contributed by atoms with van der Waals surface area (Å²) in [4.78, 5) is 15.1. The Bertz CT molecular complexity index is 983. The molecule has 1 amide bonds. The highest BCUT2D eigenvalue weighted by molar-refractivity contribution is 5.81. The SMILES string of the molecule is COc1cccc(C2NC3CNNC(=O)C3C(Nc3ccc(OCCN4CCNCC4)cc3)N2)c1. The van der Waals surface area contributed by atoms with Gasteiger partial charge in [0.1, 0.15) is 18.1 Å². The van der Waals surface area contributed by atoms with Crippen LogP contribution in [0.1, 0.15) is 11.7 Å². The van der Waals surface area contributed by atoms with E-state index in [2.05, 4.69) is 37.0 Å². The Hall–Kier alpha value is -2.89. The van der Waals surface area contributed by atoms with Crippen molar-refractivity contribution >= 4 is 11.6 Å². The molecule has 3 heterocycles. The van der Waals surface area contributed by atoms with Crippen LogP contribution in [0.25, 0.3) is 0 Å². The number of amides is 1. The van der Waals surface area contributed by atoms with Crippen LogP contribution >= 0.6 is 0 Å². The van der Waals surface area contributed by atoms with Crippen molar-refractivity contribution in [1.82, 2.24) is 31.7 Å². The zero-order valence-electron chi connectivity index (χ0n) is 20.0. The third kappa shape index (κ3) is 5.85. The molecule has 188 valence electrons. The summed E-state index contributed by atoms with van der Waals surface area (Å²) in [7, 11) is 1.66. The molecule has 10 heteroatoms.